The number of alkyl halides is 3. The van der Waals surface area contributed by atoms with Crippen molar-refractivity contribution in [2.45, 2.75) is 31.2 Å². The number of fused-ring (bicyclic) bond motifs is 1. The molecule has 0 radical (unpaired) electrons. The molecule has 0 bridgehead atoms. The van der Waals surface area contributed by atoms with E-state index in [1.54, 1.807) is 4.90 Å². The number of thioether (sulfide) groups is 1. The third-order valence-corrected chi connectivity index (χ3v) is 5.11. The summed E-state index contributed by atoms with van der Waals surface area (Å²) in [6, 6.07) is 9.88. The Morgan fingerprint density at radius 3 is 2.54 bits per heavy atom. The summed E-state index contributed by atoms with van der Waals surface area (Å²) in [5.74, 6) is -0.206. The zero-order valence-corrected chi connectivity index (χ0v) is 16.5. The third-order valence-electron chi connectivity index (χ3n) is 3.90. The first kappa shape index (κ1) is 20.5. The van der Waals surface area contributed by atoms with Crippen molar-refractivity contribution in [3.8, 4) is 0 Å². The number of hydrogen-bond acceptors (Lipinski definition) is 4. The fourth-order valence-corrected chi connectivity index (χ4v) is 3.72. The number of pyridine rings is 1. The zero-order valence-electron chi connectivity index (χ0n) is 14.9. The molecule has 2 heterocycles. The topological polar surface area (TPSA) is 50.5 Å². The highest BCUT2D eigenvalue weighted by Crippen LogP contribution is 2.33. The van der Waals surface area contributed by atoms with E-state index in [2.05, 4.69) is 10.2 Å². The highest BCUT2D eigenvalue weighted by Gasteiger charge is 2.32. The average molecular weight is 429 g/mol. The number of carbonyl (C=O) groups is 1. The van der Waals surface area contributed by atoms with Crippen LogP contribution in [-0.4, -0.2) is 32.3 Å². The Labute approximate surface area is 168 Å². The Morgan fingerprint density at radius 2 is 1.93 bits per heavy atom. The SMILES string of the molecule is CC(C)N(C(=O)CSc1nnc2c(Cl)cc(C(F)(F)F)cn12)c1ccccc1. The van der Waals surface area contributed by atoms with Crippen LogP contribution < -0.4 is 4.90 Å². The maximum absolute atomic E-state index is 13.0. The molecule has 5 nitrogen and oxygen atoms in total. The molecule has 0 spiro atoms. The second kappa shape index (κ2) is 8.00. The first-order chi connectivity index (χ1) is 13.2. The monoisotopic (exact) mass is 428 g/mol. The predicted molar refractivity (Wildman–Crippen MR) is 103 cm³/mol. The maximum atomic E-state index is 13.0. The Balaban J connectivity index is 1.85. The first-order valence-corrected chi connectivity index (χ1v) is 9.66. The van der Waals surface area contributed by atoms with Crippen LogP contribution in [0.2, 0.25) is 5.02 Å². The molecule has 28 heavy (non-hydrogen) atoms. The summed E-state index contributed by atoms with van der Waals surface area (Å²) in [7, 11) is 0. The summed E-state index contributed by atoms with van der Waals surface area (Å²) in [6.07, 6.45) is -3.67. The van der Waals surface area contributed by atoms with E-state index in [-0.39, 0.29) is 33.5 Å². The van der Waals surface area contributed by atoms with E-state index in [0.717, 1.165) is 34.1 Å². The van der Waals surface area contributed by atoms with Crippen LogP contribution in [0, 0.1) is 0 Å². The van der Waals surface area contributed by atoms with E-state index in [1.807, 2.05) is 44.2 Å². The molecule has 3 aromatic rings. The van der Waals surface area contributed by atoms with Gasteiger partial charge in [-0.2, -0.15) is 13.2 Å². The highest BCUT2D eigenvalue weighted by molar-refractivity contribution is 7.99. The minimum Gasteiger partial charge on any atom is -0.309 e. The zero-order chi connectivity index (χ0) is 20.5. The van der Waals surface area contributed by atoms with Gasteiger partial charge in [-0.1, -0.05) is 41.6 Å². The molecule has 0 fully saturated rings. The average Bonchev–Trinajstić information content (AvgIpc) is 3.03. The number of halogens is 4. The van der Waals surface area contributed by atoms with E-state index >= 15 is 0 Å². The van der Waals surface area contributed by atoms with Crippen LogP contribution in [0.4, 0.5) is 18.9 Å². The molecule has 0 unspecified atom stereocenters. The number of anilines is 1. The minimum atomic E-state index is -4.55. The van der Waals surface area contributed by atoms with Crippen molar-refractivity contribution in [1.82, 2.24) is 14.6 Å². The number of hydrogen-bond donors (Lipinski definition) is 0. The summed E-state index contributed by atoms with van der Waals surface area (Å²) in [5.41, 5.74) is -0.0592. The molecule has 0 atom stereocenters. The molecular weight excluding hydrogens is 413 g/mol. The van der Waals surface area contributed by atoms with Gasteiger partial charge in [0.15, 0.2) is 10.8 Å². The quantitative estimate of drug-likeness (QED) is 0.540. The number of amides is 1. The summed E-state index contributed by atoms with van der Waals surface area (Å²) < 4.78 is 40.3. The van der Waals surface area contributed by atoms with Crippen LogP contribution in [0.15, 0.2) is 47.8 Å². The van der Waals surface area contributed by atoms with Crippen molar-refractivity contribution in [3.63, 3.8) is 0 Å². The van der Waals surface area contributed by atoms with Crippen molar-refractivity contribution in [1.29, 1.82) is 0 Å². The summed E-state index contributed by atoms with van der Waals surface area (Å²) in [4.78, 5) is 14.4. The smallest absolute Gasteiger partial charge is 0.309 e. The van der Waals surface area contributed by atoms with Gasteiger partial charge in [0.25, 0.3) is 0 Å². The fraction of sp³-hybridized carbons (Fsp3) is 0.278. The molecule has 1 aromatic carbocycles. The van der Waals surface area contributed by atoms with Gasteiger partial charge in [-0.15, -0.1) is 10.2 Å². The molecule has 0 aliphatic carbocycles. The van der Waals surface area contributed by atoms with Crippen molar-refractivity contribution in [2.24, 2.45) is 0 Å². The Morgan fingerprint density at radius 1 is 1.25 bits per heavy atom. The van der Waals surface area contributed by atoms with Gasteiger partial charge in [0.1, 0.15) is 0 Å². The van der Waals surface area contributed by atoms with Crippen molar-refractivity contribution in [3.05, 3.63) is 53.2 Å². The van der Waals surface area contributed by atoms with Gasteiger partial charge in [0.2, 0.25) is 5.91 Å². The second-order valence-corrected chi connectivity index (χ2v) is 7.58. The summed E-state index contributed by atoms with van der Waals surface area (Å²) in [5, 5.41) is 7.71. The van der Waals surface area contributed by atoms with Gasteiger partial charge in [-0.25, -0.2) is 0 Å². The van der Waals surface area contributed by atoms with Gasteiger partial charge >= 0.3 is 6.18 Å². The molecule has 3 rings (SSSR count). The Kier molecular flexibility index (Phi) is 5.85. The lowest BCUT2D eigenvalue weighted by Crippen LogP contribution is -2.38. The minimum absolute atomic E-state index is 0.0122. The third kappa shape index (κ3) is 4.25. The molecule has 0 aliphatic heterocycles. The molecule has 10 heteroatoms. The Bertz CT molecular complexity index is 992. The predicted octanol–water partition coefficient (Wildman–Crippen LogP) is 4.94. The van der Waals surface area contributed by atoms with Gasteiger partial charge in [-0.3, -0.25) is 9.20 Å². The van der Waals surface area contributed by atoms with Crippen molar-refractivity contribution in [2.75, 3.05) is 10.7 Å². The van der Waals surface area contributed by atoms with Gasteiger partial charge in [0, 0.05) is 17.9 Å². The largest absolute Gasteiger partial charge is 0.417 e. The van der Waals surface area contributed by atoms with Gasteiger partial charge in [-0.05, 0) is 32.0 Å². The van der Waals surface area contributed by atoms with E-state index in [0.29, 0.717) is 0 Å². The molecular formula is C18H16ClF3N4OS. The fourth-order valence-electron chi connectivity index (χ4n) is 2.70. The van der Waals surface area contributed by atoms with Crippen LogP contribution in [0.1, 0.15) is 19.4 Å². The summed E-state index contributed by atoms with van der Waals surface area (Å²) in [6.45, 7) is 3.77. The lowest BCUT2D eigenvalue weighted by atomic mass is 10.2. The molecule has 0 N–H and O–H groups in total. The van der Waals surface area contributed by atoms with Crippen LogP contribution >= 0.6 is 23.4 Å². The van der Waals surface area contributed by atoms with E-state index in [1.165, 1.54) is 0 Å². The van der Waals surface area contributed by atoms with Crippen LogP contribution in [0.3, 0.4) is 0 Å². The number of nitrogens with zero attached hydrogens (tertiary/aromatic N) is 4. The van der Waals surface area contributed by atoms with Crippen LogP contribution in [0.5, 0.6) is 0 Å². The number of carbonyl (C=O) groups excluding carboxylic acids is 1. The first-order valence-electron chi connectivity index (χ1n) is 8.30. The lowest BCUT2D eigenvalue weighted by molar-refractivity contribution is -0.137. The van der Waals surface area contributed by atoms with Crippen LogP contribution in [-0.2, 0) is 11.0 Å². The number of rotatable bonds is 5. The molecule has 1 amide bonds. The van der Waals surface area contributed by atoms with Gasteiger partial charge in [0.05, 0.1) is 16.3 Å². The normalized spacial score (nSPS) is 12.0. The molecule has 2 aromatic heterocycles. The lowest BCUT2D eigenvalue weighted by Gasteiger charge is -2.26. The van der Waals surface area contributed by atoms with Gasteiger partial charge < -0.3 is 4.90 Å². The number of para-hydroxylation sites is 1. The van der Waals surface area contributed by atoms with E-state index < -0.39 is 11.7 Å². The number of aromatic nitrogens is 3. The van der Waals surface area contributed by atoms with Crippen molar-refractivity contribution >= 4 is 40.6 Å². The molecule has 0 aliphatic rings. The van der Waals surface area contributed by atoms with E-state index in [4.69, 9.17) is 11.6 Å². The highest BCUT2D eigenvalue weighted by atomic mass is 35.5. The van der Waals surface area contributed by atoms with E-state index in [9.17, 15) is 18.0 Å². The molecule has 0 saturated heterocycles. The molecule has 148 valence electrons. The van der Waals surface area contributed by atoms with Crippen molar-refractivity contribution < 1.29 is 18.0 Å². The second-order valence-electron chi connectivity index (χ2n) is 6.23. The number of benzene rings is 1. The standard InChI is InChI=1S/C18H16ClF3N4OS/c1-11(2)26(13-6-4-3-5-7-13)15(27)10-28-17-24-23-16-14(19)8-12(9-25(16)17)18(20,21)22/h3-9,11H,10H2,1-2H3. The maximum Gasteiger partial charge on any atom is 0.417 e. The Hall–Kier alpha value is -2.26. The van der Waals surface area contributed by atoms with Crippen LogP contribution in [0.25, 0.3) is 5.65 Å². The molecule has 0 saturated carbocycles. The summed E-state index contributed by atoms with van der Waals surface area (Å²) >= 11 is 6.91.